The summed E-state index contributed by atoms with van der Waals surface area (Å²) in [6.45, 7) is 0. The number of para-hydroxylation sites is 3. The SMILES string of the molecule is c1ccc(-c2nc(-c3cccc4oc5cccc(-c6ccccc6)c5c34)nc(-n3c4ccccc4c4ccc5c6ccccc6n(-c6ccccc6-c6ccccc6)c5c43)n2)cc1. The Hall–Kier alpha value is -8.61. The topological polar surface area (TPSA) is 61.7 Å². The van der Waals surface area contributed by atoms with E-state index in [1.165, 1.54) is 5.39 Å². The first-order valence-corrected chi connectivity index (χ1v) is 21.2. The van der Waals surface area contributed by atoms with Gasteiger partial charge in [-0.1, -0.05) is 182 Å². The van der Waals surface area contributed by atoms with E-state index >= 15 is 0 Å². The van der Waals surface area contributed by atoms with E-state index in [0.717, 1.165) is 99.2 Å². The molecule has 4 heterocycles. The molecule has 0 saturated carbocycles. The fourth-order valence-corrected chi connectivity index (χ4v) is 9.70. The molecule has 0 N–H and O–H groups in total. The Morgan fingerprint density at radius 1 is 0.317 bits per heavy atom. The minimum absolute atomic E-state index is 0.527. The highest BCUT2D eigenvalue weighted by Crippen LogP contribution is 2.44. The van der Waals surface area contributed by atoms with E-state index < -0.39 is 0 Å². The van der Waals surface area contributed by atoms with Gasteiger partial charge in [0.15, 0.2) is 11.6 Å². The number of benzene rings is 9. The first-order chi connectivity index (χ1) is 31.3. The lowest BCUT2D eigenvalue weighted by Gasteiger charge is -2.16. The summed E-state index contributed by atoms with van der Waals surface area (Å²) in [5, 5.41) is 6.52. The zero-order chi connectivity index (χ0) is 41.4. The molecule has 0 radical (unpaired) electrons. The van der Waals surface area contributed by atoms with Gasteiger partial charge in [0.2, 0.25) is 5.95 Å². The molecule has 6 nitrogen and oxygen atoms in total. The number of hydrogen-bond donors (Lipinski definition) is 0. The highest BCUT2D eigenvalue weighted by molar-refractivity contribution is 6.24. The molecule has 0 atom stereocenters. The molecule has 294 valence electrons. The van der Waals surface area contributed by atoms with Gasteiger partial charge in [0.25, 0.3) is 0 Å². The van der Waals surface area contributed by atoms with Gasteiger partial charge in [-0.3, -0.25) is 4.57 Å². The van der Waals surface area contributed by atoms with E-state index in [1.807, 2.05) is 42.5 Å². The van der Waals surface area contributed by atoms with Crippen LogP contribution in [-0.2, 0) is 0 Å². The van der Waals surface area contributed by atoms with Gasteiger partial charge >= 0.3 is 0 Å². The third-order valence-electron chi connectivity index (χ3n) is 12.4. The molecule has 63 heavy (non-hydrogen) atoms. The van der Waals surface area contributed by atoms with Crippen molar-refractivity contribution in [1.29, 1.82) is 0 Å². The lowest BCUT2D eigenvalue weighted by molar-refractivity contribution is 0.669. The maximum Gasteiger partial charge on any atom is 0.238 e. The Morgan fingerprint density at radius 2 is 0.794 bits per heavy atom. The smallest absolute Gasteiger partial charge is 0.238 e. The Morgan fingerprint density at radius 3 is 1.46 bits per heavy atom. The van der Waals surface area contributed by atoms with Crippen LogP contribution in [-0.4, -0.2) is 24.1 Å². The number of fused-ring (bicyclic) bond motifs is 10. The van der Waals surface area contributed by atoms with Crippen molar-refractivity contribution in [2.24, 2.45) is 0 Å². The number of hydrogen-bond acceptors (Lipinski definition) is 4. The van der Waals surface area contributed by atoms with Gasteiger partial charge in [-0.15, -0.1) is 0 Å². The van der Waals surface area contributed by atoms with Gasteiger partial charge < -0.3 is 8.98 Å². The molecular weight excluding hydrogens is 771 g/mol. The normalized spacial score (nSPS) is 11.8. The van der Waals surface area contributed by atoms with E-state index in [4.69, 9.17) is 19.4 Å². The molecule has 0 saturated heterocycles. The summed E-state index contributed by atoms with van der Waals surface area (Å²) >= 11 is 0. The first kappa shape index (κ1) is 35.2. The van der Waals surface area contributed by atoms with Crippen LogP contribution in [0, 0.1) is 0 Å². The average Bonchev–Trinajstić information content (AvgIpc) is 4.03. The molecule has 9 aromatic carbocycles. The molecule has 0 spiro atoms. The standard InChI is InChI=1S/C57H35N5O/c1-4-18-36(19-5-1)39-24-10-13-29-46(39)61-47-30-14-11-25-41(47)43-34-35-44-42-26-12-15-31-48(42)62(54(44)53(43)61)57-59-55(38-22-8-3-9-23-38)58-56(60-57)45-28-17-33-50-52(45)51-40(27-16-32-49(51)63-50)37-20-6-2-7-21-37/h1-35H. The molecule has 13 rings (SSSR count). The molecule has 0 fully saturated rings. The fraction of sp³-hybridized carbons (Fsp3) is 0. The monoisotopic (exact) mass is 805 g/mol. The molecule has 0 bridgehead atoms. The Balaban J connectivity index is 1.17. The summed E-state index contributed by atoms with van der Waals surface area (Å²) in [5.74, 6) is 1.67. The predicted octanol–water partition coefficient (Wildman–Crippen LogP) is 14.6. The Kier molecular flexibility index (Phi) is 7.80. The summed E-state index contributed by atoms with van der Waals surface area (Å²) in [5.41, 5.74) is 13.1. The maximum atomic E-state index is 6.60. The number of aromatic nitrogens is 5. The van der Waals surface area contributed by atoms with Crippen molar-refractivity contribution in [2.75, 3.05) is 0 Å². The molecule has 0 aliphatic carbocycles. The molecule has 6 heteroatoms. The lowest BCUT2D eigenvalue weighted by atomic mass is 9.97. The molecule has 13 aromatic rings. The van der Waals surface area contributed by atoms with Crippen LogP contribution in [0.5, 0.6) is 0 Å². The zero-order valence-electron chi connectivity index (χ0n) is 33.9. The van der Waals surface area contributed by atoms with Gasteiger partial charge in [0.05, 0.1) is 27.8 Å². The van der Waals surface area contributed by atoms with Crippen LogP contribution >= 0.6 is 0 Å². The Labute approximate surface area is 361 Å². The van der Waals surface area contributed by atoms with Gasteiger partial charge in [-0.25, -0.2) is 4.98 Å². The summed E-state index contributed by atoms with van der Waals surface area (Å²) in [6.07, 6.45) is 0. The highest BCUT2D eigenvalue weighted by atomic mass is 16.3. The third-order valence-corrected chi connectivity index (χ3v) is 12.4. The van der Waals surface area contributed by atoms with Gasteiger partial charge in [0, 0.05) is 49.0 Å². The van der Waals surface area contributed by atoms with Crippen molar-refractivity contribution in [3.63, 3.8) is 0 Å². The second kappa shape index (κ2) is 14.0. The van der Waals surface area contributed by atoms with Crippen LogP contribution < -0.4 is 0 Å². The van der Waals surface area contributed by atoms with Crippen molar-refractivity contribution in [2.45, 2.75) is 0 Å². The van der Waals surface area contributed by atoms with Crippen LogP contribution in [0.4, 0.5) is 0 Å². The van der Waals surface area contributed by atoms with Crippen LogP contribution in [0.3, 0.4) is 0 Å². The maximum absolute atomic E-state index is 6.60. The summed E-state index contributed by atoms with van der Waals surface area (Å²) in [6, 6.07) is 74.3. The Bertz CT molecular complexity index is 3900. The van der Waals surface area contributed by atoms with Gasteiger partial charge in [-0.05, 0) is 47.0 Å². The molecule has 0 aliphatic heterocycles. The number of furan rings is 1. The lowest BCUT2D eigenvalue weighted by Crippen LogP contribution is -2.07. The van der Waals surface area contributed by atoms with Crippen molar-refractivity contribution in [1.82, 2.24) is 24.1 Å². The molecule has 0 aliphatic rings. The third kappa shape index (κ3) is 5.41. The molecule has 4 aromatic heterocycles. The van der Waals surface area contributed by atoms with Gasteiger partial charge in [-0.2, -0.15) is 9.97 Å². The van der Waals surface area contributed by atoms with Crippen molar-refractivity contribution in [3.05, 3.63) is 212 Å². The van der Waals surface area contributed by atoms with Crippen molar-refractivity contribution in [3.8, 4) is 56.7 Å². The molecule has 0 amide bonds. The van der Waals surface area contributed by atoms with Crippen LogP contribution in [0.1, 0.15) is 0 Å². The fourth-order valence-electron chi connectivity index (χ4n) is 9.70. The van der Waals surface area contributed by atoms with E-state index in [1.54, 1.807) is 0 Å². The minimum atomic E-state index is 0.527. The van der Waals surface area contributed by atoms with E-state index in [9.17, 15) is 0 Å². The van der Waals surface area contributed by atoms with E-state index in [0.29, 0.717) is 17.6 Å². The quantitative estimate of drug-likeness (QED) is 0.168. The van der Waals surface area contributed by atoms with Crippen LogP contribution in [0.2, 0.25) is 0 Å². The van der Waals surface area contributed by atoms with Crippen LogP contribution in [0.15, 0.2) is 217 Å². The first-order valence-electron chi connectivity index (χ1n) is 21.2. The van der Waals surface area contributed by atoms with E-state index in [2.05, 4.69) is 179 Å². The number of rotatable bonds is 6. The van der Waals surface area contributed by atoms with Gasteiger partial charge in [0.1, 0.15) is 11.2 Å². The summed E-state index contributed by atoms with van der Waals surface area (Å²) in [7, 11) is 0. The molecule has 0 unspecified atom stereocenters. The second-order valence-corrected chi connectivity index (χ2v) is 15.9. The number of nitrogens with zero attached hydrogens (tertiary/aromatic N) is 5. The van der Waals surface area contributed by atoms with Crippen LogP contribution in [0.25, 0.3) is 122 Å². The largest absolute Gasteiger partial charge is 0.456 e. The minimum Gasteiger partial charge on any atom is -0.456 e. The molecular formula is C57H35N5O. The summed E-state index contributed by atoms with van der Waals surface area (Å²) in [4.78, 5) is 16.2. The summed E-state index contributed by atoms with van der Waals surface area (Å²) < 4.78 is 11.3. The second-order valence-electron chi connectivity index (χ2n) is 15.9. The predicted molar refractivity (Wildman–Crippen MR) is 258 cm³/mol. The van der Waals surface area contributed by atoms with E-state index in [-0.39, 0.29) is 0 Å². The van der Waals surface area contributed by atoms with Crippen molar-refractivity contribution >= 4 is 65.6 Å². The average molecular weight is 806 g/mol. The van der Waals surface area contributed by atoms with Crippen molar-refractivity contribution < 1.29 is 4.42 Å². The zero-order valence-corrected chi connectivity index (χ0v) is 33.9. The highest BCUT2D eigenvalue weighted by Gasteiger charge is 2.25.